The van der Waals surface area contributed by atoms with E-state index in [2.05, 4.69) is 140 Å². The molecule has 0 radical (unpaired) electrons. The van der Waals surface area contributed by atoms with Gasteiger partial charge in [0.1, 0.15) is 5.84 Å². The van der Waals surface area contributed by atoms with Gasteiger partial charge in [-0.3, -0.25) is 9.98 Å². The number of fused-ring (bicyclic) bond motifs is 1. The summed E-state index contributed by atoms with van der Waals surface area (Å²) in [6.07, 6.45) is 25.4. The molecule has 0 fully saturated rings. The van der Waals surface area contributed by atoms with E-state index in [0.29, 0.717) is 11.7 Å². The number of allylic oxidation sites excluding steroid dienone is 8. The minimum absolute atomic E-state index is 0.0964. The van der Waals surface area contributed by atoms with E-state index < -0.39 is 0 Å². The van der Waals surface area contributed by atoms with Crippen molar-refractivity contribution in [2.75, 3.05) is 0 Å². The van der Waals surface area contributed by atoms with Crippen LogP contribution in [-0.2, 0) is 0 Å². The van der Waals surface area contributed by atoms with Gasteiger partial charge in [0.05, 0.1) is 17.4 Å². The predicted octanol–water partition coefficient (Wildman–Crippen LogP) is 11.8. The zero-order valence-corrected chi connectivity index (χ0v) is 32.1. The molecule has 1 aromatic heterocycles. The highest BCUT2D eigenvalue weighted by Gasteiger charge is 2.26. The van der Waals surface area contributed by atoms with E-state index in [9.17, 15) is 0 Å². The highest BCUT2D eigenvalue weighted by atomic mass is 15.0. The first kappa shape index (κ1) is 36.6. The Bertz CT molecular complexity index is 2440. The Hall–Kier alpha value is -6.33. The molecule has 3 aliphatic rings. The molecule has 0 saturated carbocycles. The van der Waals surface area contributed by atoms with Crippen LogP contribution in [0.5, 0.6) is 0 Å². The average molecular weight is 732 g/mol. The summed E-state index contributed by atoms with van der Waals surface area (Å²) in [6, 6.07) is 38.0. The summed E-state index contributed by atoms with van der Waals surface area (Å²) in [4.78, 5) is 15.9. The number of rotatable bonds is 9. The van der Waals surface area contributed by atoms with Crippen molar-refractivity contribution in [2.45, 2.75) is 57.4 Å². The summed E-state index contributed by atoms with van der Waals surface area (Å²) >= 11 is 0. The summed E-state index contributed by atoms with van der Waals surface area (Å²) < 4.78 is 0. The average Bonchev–Trinajstić information content (AvgIpc) is 3.27. The van der Waals surface area contributed by atoms with Crippen LogP contribution in [-0.4, -0.2) is 16.7 Å². The maximum Gasteiger partial charge on any atom is 0.153 e. The predicted molar refractivity (Wildman–Crippen MR) is 236 cm³/mol. The van der Waals surface area contributed by atoms with Crippen molar-refractivity contribution in [1.29, 1.82) is 0 Å². The number of hydrogen-bond donors (Lipinski definition) is 2. The van der Waals surface area contributed by atoms with Crippen LogP contribution in [0.1, 0.15) is 85.5 Å². The third-order valence-corrected chi connectivity index (χ3v) is 11.1. The van der Waals surface area contributed by atoms with Crippen molar-refractivity contribution in [3.8, 4) is 11.1 Å². The third-order valence-electron chi connectivity index (χ3n) is 11.1. The maximum absolute atomic E-state index is 7.03. The highest BCUT2D eigenvalue weighted by Crippen LogP contribution is 2.41. The van der Waals surface area contributed by atoms with E-state index in [1.54, 1.807) is 6.20 Å². The molecule has 3 unspecified atom stereocenters. The smallest absolute Gasteiger partial charge is 0.153 e. The van der Waals surface area contributed by atoms with Gasteiger partial charge in [-0.05, 0) is 84.2 Å². The zero-order chi connectivity index (χ0) is 38.3. The van der Waals surface area contributed by atoms with Crippen molar-refractivity contribution in [2.24, 2.45) is 27.4 Å². The first-order valence-electron chi connectivity index (χ1n) is 20.0. The fourth-order valence-electron chi connectivity index (χ4n) is 8.10. The minimum atomic E-state index is -0.0996. The number of nitrogens with zero attached hydrogens (tertiary/aromatic N) is 3. The molecule has 0 saturated heterocycles. The molecule has 5 nitrogen and oxygen atoms in total. The van der Waals surface area contributed by atoms with Gasteiger partial charge in [0, 0.05) is 34.6 Å². The lowest BCUT2D eigenvalue weighted by molar-refractivity contribution is 0.640. The topological polar surface area (TPSA) is 89.6 Å². The molecule has 5 heteroatoms. The molecule has 56 heavy (non-hydrogen) atoms. The molecule has 0 bridgehead atoms. The number of amidine groups is 2. The molecule has 0 aliphatic heterocycles. The fourth-order valence-corrected chi connectivity index (χ4v) is 8.10. The van der Waals surface area contributed by atoms with Crippen molar-refractivity contribution in [3.63, 3.8) is 0 Å². The standard InChI is InChI=1S/C51H49N5/c1-35(36-29-31-38(32-30-36)37-17-6-2-7-18-37)54-51(41-23-12-5-13-24-41)56-50(53)43-26-16-25-42(33-43)47-44-27-14-15-28-45(44)49(46(34-52)39-19-8-3-9-20-39)55-48(47)40-21-10-4-11-22-40/h2-3,5-10,12,14-21,23,25,27-35,40,43H,4,11,13,22,24,26,52H2,1H3,(H2,53,54,56). The van der Waals surface area contributed by atoms with E-state index in [1.807, 2.05) is 24.3 Å². The Morgan fingerprint density at radius 1 is 0.821 bits per heavy atom. The molecular formula is C51H49N5. The Morgan fingerprint density at radius 3 is 2.27 bits per heavy atom. The number of pyridine rings is 1. The lowest BCUT2D eigenvalue weighted by atomic mass is 9.82. The van der Waals surface area contributed by atoms with Gasteiger partial charge >= 0.3 is 0 Å². The molecule has 0 amide bonds. The molecular weight excluding hydrogens is 683 g/mol. The van der Waals surface area contributed by atoms with Crippen molar-refractivity contribution in [3.05, 3.63) is 198 Å². The van der Waals surface area contributed by atoms with Crippen molar-refractivity contribution in [1.82, 2.24) is 4.98 Å². The van der Waals surface area contributed by atoms with Crippen LogP contribution in [0.15, 0.2) is 180 Å². The monoisotopic (exact) mass is 731 g/mol. The van der Waals surface area contributed by atoms with Crippen LogP contribution in [0.25, 0.3) is 33.0 Å². The third kappa shape index (κ3) is 7.90. The number of aliphatic imine (C=N–C) groups is 2. The Labute approximate surface area is 331 Å². The van der Waals surface area contributed by atoms with Crippen molar-refractivity contribution >= 4 is 33.6 Å². The van der Waals surface area contributed by atoms with E-state index in [1.165, 1.54) is 11.1 Å². The largest absolute Gasteiger partial charge is 0.404 e. The van der Waals surface area contributed by atoms with Gasteiger partial charge in [-0.15, -0.1) is 0 Å². The van der Waals surface area contributed by atoms with E-state index in [4.69, 9.17) is 26.4 Å². The van der Waals surface area contributed by atoms with Gasteiger partial charge in [0.25, 0.3) is 0 Å². The van der Waals surface area contributed by atoms with Gasteiger partial charge in [0.15, 0.2) is 5.84 Å². The number of aromatic nitrogens is 1. The normalized spacial score (nSPS) is 19.5. The lowest BCUT2D eigenvalue weighted by Gasteiger charge is -2.25. The Morgan fingerprint density at radius 2 is 1.55 bits per heavy atom. The van der Waals surface area contributed by atoms with Gasteiger partial charge in [-0.1, -0.05) is 158 Å². The van der Waals surface area contributed by atoms with Gasteiger partial charge in [0.2, 0.25) is 0 Å². The SMILES string of the molecule is CC(N=C(N=C(N)C1C=C(c2c(C3C=CCCC3)nc(C(=CN)c3ccccc3)c3ccccc23)C=CC1)C1=CC=CCC1)c1ccc(-c2ccccc2)cc1. The van der Waals surface area contributed by atoms with Crippen LogP contribution in [0, 0.1) is 5.92 Å². The number of nitrogens with two attached hydrogens (primary N) is 2. The van der Waals surface area contributed by atoms with Gasteiger partial charge in [-0.2, -0.15) is 0 Å². The lowest BCUT2D eigenvalue weighted by Crippen LogP contribution is -2.25. The maximum atomic E-state index is 7.03. The van der Waals surface area contributed by atoms with Crippen LogP contribution < -0.4 is 11.5 Å². The Kier molecular flexibility index (Phi) is 11.1. The Balaban J connectivity index is 1.18. The summed E-state index contributed by atoms with van der Waals surface area (Å²) in [5, 5.41) is 2.23. The van der Waals surface area contributed by atoms with Crippen molar-refractivity contribution < 1.29 is 0 Å². The summed E-state index contributed by atoms with van der Waals surface area (Å²) in [7, 11) is 0. The van der Waals surface area contributed by atoms with Gasteiger partial charge in [-0.25, -0.2) is 4.99 Å². The molecule has 3 aliphatic carbocycles. The first-order valence-corrected chi connectivity index (χ1v) is 20.0. The molecule has 3 atom stereocenters. The summed E-state index contributed by atoms with van der Waals surface area (Å²) in [5.74, 6) is 1.36. The number of hydrogen-bond acceptors (Lipinski definition) is 3. The first-order chi connectivity index (χ1) is 27.6. The molecule has 4 N–H and O–H groups in total. The molecule has 8 rings (SSSR count). The molecule has 1 heterocycles. The fraction of sp³-hybridized carbons (Fsp3) is 0.196. The van der Waals surface area contributed by atoms with E-state index >= 15 is 0 Å². The van der Waals surface area contributed by atoms with E-state index in [-0.39, 0.29) is 17.9 Å². The second kappa shape index (κ2) is 17.0. The zero-order valence-electron chi connectivity index (χ0n) is 32.1. The summed E-state index contributed by atoms with van der Waals surface area (Å²) in [6.45, 7) is 2.13. The van der Waals surface area contributed by atoms with Crippen LogP contribution in [0.4, 0.5) is 0 Å². The quantitative estimate of drug-likeness (QED) is 0.0898. The highest BCUT2D eigenvalue weighted by molar-refractivity contribution is 6.08. The number of benzene rings is 4. The van der Waals surface area contributed by atoms with Crippen LogP contribution in [0.3, 0.4) is 0 Å². The summed E-state index contributed by atoms with van der Waals surface area (Å²) in [5.41, 5.74) is 24.3. The molecule has 0 spiro atoms. The van der Waals surface area contributed by atoms with Gasteiger partial charge < -0.3 is 11.5 Å². The van der Waals surface area contributed by atoms with Crippen LogP contribution >= 0.6 is 0 Å². The van der Waals surface area contributed by atoms with Crippen LogP contribution in [0.2, 0.25) is 0 Å². The molecule has 278 valence electrons. The molecule has 4 aromatic carbocycles. The molecule has 5 aromatic rings. The second-order valence-corrected chi connectivity index (χ2v) is 14.9. The minimum Gasteiger partial charge on any atom is -0.404 e. The second-order valence-electron chi connectivity index (χ2n) is 14.9. The van der Waals surface area contributed by atoms with E-state index in [0.717, 1.165) is 94.1 Å².